The van der Waals surface area contributed by atoms with Crippen molar-refractivity contribution in [1.29, 1.82) is 0 Å². The lowest BCUT2D eigenvalue weighted by Gasteiger charge is -2.26. The van der Waals surface area contributed by atoms with Gasteiger partial charge >= 0.3 is 0 Å². The Kier molecular flexibility index (Phi) is 3.82. The lowest BCUT2D eigenvalue weighted by molar-refractivity contribution is 0.307. The van der Waals surface area contributed by atoms with Crippen LogP contribution in [-0.4, -0.2) is 0 Å². The molecule has 1 aliphatic carbocycles. The molecule has 0 N–H and O–H groups in total. The predicted molar refractivity (Wildman–Crippen MR) is 71.2 cm³/mol. The fourth-order valence-electron chi connectivity index (χ4n) is 2.71. The van der Waals surface area contributed by atoms with Gasteiger partial charge in [-0.3, -0.25) is 0 Å². The molecule has 1 fully saturated rings. The molecule has 1 aromatic rings. The molecule has 0 radical (unpaired) electrons. The standard InChI is InChI=1S/C16H22/c1-13-8-6-7-11-16(13)12-14(2)15-9-4-3-5-10-15/h3-5,9-10,12-13,16H,6-8,11H2,1-2H3. The second kappa shape index (κ2) is 5.34. The largest absolute Gasteiger partial charge is 0.0776 e. The van der Waals surface area contributed by atoms with Crippen molar-refractivity contribution in [2.75, 3.05) is 0 Å². The quantitative estimate of drug-likeness (QED) is 0.655. The van der Waals surface area contributed by atoms with Crippen molar-refractivity contribution in [1.82, 2.24) is 0 Å². The molecule has 1 aromatic carbocycles. The van der Waals surface area contributed by atoms with Gasteiger partial charge in [0, 0.05) is 0 Å². The molecule has 2 unspecified atom stereocenters. The molecule has 0 aromatic heterocycles. The highest BCUT2D eigenvalue weighted by Crippen LogP contribution is 2.32. The SMILES string of the molecule is CC(=CC1CCCCC1C)c1ccccc1. The minimum Gasteiger partial charge on any atom is -0.0776 e. The van der Waals surface area contributed by atoms with Gasteiger partial charge in [0.25, 0.3) is 0 Å². The first-order valence-electron chi connectivity index (χ1n) is 6.51. The average molecular weight is 214 g/mol. The monoisotopic (exact) mass is 214 g/mol. The molecule has 0 heteroatoms. The van der Waals surface area contributed by atoms with Gasteiger partial charge in [0.1, 0.15) is 0 Å². The molecular weight excluding hydrogens is 192 g/mol. The number of hydrogen-bond donors (Lipinski definition) is 0. The fraction of sp³-hybridized carbons (Fsp3) is 0.500. The second-order valence-corrected chi connectivity index (χ2v) is 5.14. The van der Waals surface area contributed by atoms with E-state index in [0.717, 1.165) is 11.8 Å². The smallest absolute Gasteiger partial charge is 0.0202 e. The topological polar surface area (TPSA) is 0 Å². The third kappa shape index (κ3) is 2.75. The van der Waals surface area contributed by atoms with Crippen molar-refractivity contribution in [3.63, 3.8) is 0 Å². The molecule has 0 aliphatic heterocycles. The Bertz CT molecular complexity index is 348. The highest BCUT2D eigenvalue weighted by atomic mass is 14.2. The van der Waals surface area contributed by atoms with Crippen LogP contribution in [0.5, 0.6) is 0 Å². The van der Waals surface area contributed by atoms with Gasteiger partial charge in [-0.15, -0.1) is 0 Å². The van der Waals surface area contributed by atoms with E-state index in [-0.39, 0.29) is 0 Å². The zero-order chi connectivity index (χ0) is 11.4. The maximum absolute atomic E-state index is 2.50. The lowest BCUT2D eigenvalue weighted by atomic mass is 9.79. The van der Waals surface area contributed by atoms with Crippen LogP contribution in [0.25, 0.3) is 5.57 Å². The third-order valence-electron chi connectivity index (χ3n) is 3.87. The van der Waals surface area contributed by atoms with Crippen LogP contribution in [0.3, 0.4) is 0 Å². The molecule has 0 heterocycles. The first-order valence-corrected chi connectivity index (χ1v) is 6.51. The van der Waals surface area contributed by atoms with Crippen molar-refractivity contribution < 1.29 is 0 Å². The van der Waals surface area contributed by atoms with Crippen LogP contribution in [0, 0.1) is 11.8 Å². The fourth-order valence-corrected chi connectivity index (χ4v) is 2.71. The summed E-state index contributed by atoms with van der Waals surface area (Å²) in [5.74, 6) is 1.67. The Hall–Kier alpha value is -1.04. The van der Waals surface area contributed by atoms with Crippen molar-refractivity contribution in [2.24, 2.45) is 11.8 Å². The molecule has 0 saturated heterocycles. The summed E-state index contributed by atoms with van der Waals surface area (Å²) in [6.07, 6.45) is 8.12. The highest BCUT2D eigenvalue weighted by molar-refractivity contribution is 5.63. The van der Waals surface area contributed by atoms with Gasteiger partial charge < -0.3 is 0 Å². The van der Waals surface area contributed by atoms with Crippen LogP contribution < -0.4 is 0 Å². The summed E-state index contributed by atoms with van der Waals surface area (Å²) in [5.41, 5.74) is 2.82. The van der Waals surface area contributed by atoms with E-state index in [1.807, 2.05) is 0 Å². The van der Waals surface area contributed by atoms with E-state index in [1.54, 1.807) is 0 Å². The minimum absolute atomic E-state index is 0.800. The molecular formula is C16H22. The van der Waals surface area contributed by atoms with Gasteiger partial charge in [-0.25, -0.2) is 0 Å². The Morgan fingerprint density at radius 2 is 1.81 bits per heavy atom. The molecule has 86 valence electrons. The highest BCUT2D eigenvalue weighted by Gasteiger charge is 2.19. The average Bonchev–Trinajstić information content (AvgIpc) is 2.33. The van der Waals surface area contributed by atoms with Crippen LogP contribution in [0.15, 0.2) is 36.4 Å². The second-order valence-electron chi connectivity index (χ2n) is 5.14. The summed E-state index contributed by atoms with van der Waals surface area (Å²) < 4.78 is 0. The molecule has 1 saturated carbocycles. The molecule has 2 atom stereocenters. The summed E-state index contributed by atoms with van der Waals surface area (Å²) in [7, 11) is 0. The molecule has 16 heavy (non-hydrogen) atoms. The van der Waals surface area contributed by atoms with E-state index in [0.29, 0.717) is 0 Å². The van der Waals surface area contributed by atoms with E-state index in [2.05, 4.69) is 50.3 Å². The van der Waals surface area contributed by atoms with E-state index < -0.39 is 0 Å². The van der Waals surface area contributed by atoms with E-state index >= 15 is 0 Å². The predicted octanol–water partition coefficient (Wildman–Crippen LogP) is 4.92. The van der Waals surface area contributed by atoms with Gasteiger partial charge in [-0.05, 0) is 36.3 Å². The van der Waals surface area contributed by atoms with Crippen molar-refractivity contribution in [3.05, 3.63) is 42.0 Å². The molecule has 0 nitrogen and oxygen atoms in total. The summed E-state index contributed by atoms with van der Waals surface area (Å²) in [6.45, 7) is 4.65. The molecule has 0 spiro atoms. The summed E-state index contributed by atoms with van der Waals surface area (Å²) in [4.78, 5) is 0. The van der Waals surface area contributed by atoms with Gasteiger partial charge in [-0.1, -0.05) is 62.6 Å². The van der Waals surface area contributed by atoms with Crippen molar-refractivity contribution >= 4 is 5.57 Å². The molecule has 0 amide bonds. The van der Waals surface area contributed by atoms with E-state index in [9.17, 15) is 0 Å². The summed E-state index contributed by atoms with van der Waals surface area (Å²) in [6, 6.07) is 10.7. The van der Waals surface area contributed by atoms with E-state index in [1.165, 1.54) is 36.8 Å². The number of rotatable bonds is 2. The number of benzene rings is 1. The van der Waals surface area contributed by atoms with Gasteiger partial charge in [0.05, 0.1) is 0 Å². The van der Waals surface area contributed by atoms with Gasteiger partial charge in [-0.2, -0.15) is 0 Å². The molecule has 1 aliphatic rings. The summed E-state index contributed by atoms with van der Waals surface area (Å²) >= 11 is 0. The van der Waals surface area contributed by atoms with Crippen LogP contribution >= 0.6 is 0 Å². The normalized spacial score (nSPS) is 26.8. The van der Waals surface area contributed by atoms with Crippen molar-refractivity contribution in [3.8, 4) is 0 Å². The maximum atomic E-state index is 2.50. The van der Waals surface area contributed by atoms with Crippen LogP contribution in [0.1, 0.15) is 45.1 Å². The first-order chi connectivity index (χ1) is 7.77. The maximum Gasteiger partial charge on any atom is -0.0202 e. The first kappa shape index (κ1) is 11.4. The van der Waals surface area contributed by atoms with Crippen LogP contribution in [0.2, 0.25) is 0 Å². The van der Waals surface area contributed by atoms with Crippen LogP contribution in [-0.2, 0) is 0 Å². The van der Waals surface area contributed by atoms with Crippen LogP contribution in [0.4, 0.5) is 0 Å². The zero-order valence-electron chi connectivity index (χ0n) is 10.4. The Labute approximate surface area is 99.4 Å². The third-order valence-corrected chi connectivity index (χ3v) is 3.87. The Balaban J connectivity index is 2.11. The molecule has 0 bridgehead atoms. The van der Waals surface area contributed by atoms with Gasteiger partial charge in [0.2, 0.25) is 0 Å². The lowest BCUT2D eigenvalue weighted by Crippen LogP contribution is -2.14. The van der Waals surface area contributed by atoms with Crippen molar-refractivity contribution in [2.45, 2.75) is 39.5 Å². The van der Waals surface area contributed by atoms with E-state index in [4.69, 9.17) is 0 Å². The Morgan fingerprint density at radius 1 is 1.12 bits per heavy atom. The van der Waals surface area contributed by atoms with Gasteiger partial charge in [0.15, 0.2) is 0 Å². The Morgan fingerprint density at radius 3 is 2.50 bits per heavy atom. The number of allylic oxidation sites excluding steroid dienone is 2. The molecule has 2 rings (SSSR count). The zero-order valence-corrected chi connectivity index (χ0v) is 10.4. The minimum atomic E-state index is 0.800. The number of hydrogen-bond acceptors (Lipinski definition) is 0. The summed E-state index contributed by atoms with van der Waals surface area (Å²) in [5, 5.41) is 0.